The summed E-state index contributed by atoms with van der Waals surface area (Å²) in [6.07, 6.45) is 0. The molecular formula is C10H21NO3. The van der Waals surface area contributed by atoms with E-state index in [0.29, 0.717) is 12.6 Å². The third-order valence-electron chi connectivity index (χ3n) is 1.84. The maximum absolute atomic E-state index is 10.7. The number of carboxylic acids is 1. The fourth-order valence-corrected chi connectivity index (χ4v) is 0.809. The van der Waals surface area contributed by atoms with Gasteiger partial charge < -0.3 is 15.2 Å². The van der Waals surface area contributed by atoms with Gasteiger partial charge in [0.15, 0.2) is 0 Å². The van der Waals surface area contributed by atoms with Crippen molar-refractivity contribution in [1.29, 1.82) is 0 Å². The maximum Gasteiger partial charge on any atom is 0.311 e. The molecule has 0 fully saturated rings. The summed E-state index contributed by atoms with van der Waals surface area (Å²) in [7, 11) is 0. The van der Waals surface area contributed by atoms with Gasteiger partial charge in [-0.25, -0.2) is 0 Å². The predicted octanol–water partition coefficient (Wildman–Crippen LogP) is 1.11. The van der Waals surface area contributed by atoms with E-state index < -0.39 is 11.4 Å². The smallest absolute Gasteiger partial charge is 0.311 e. The van der Waals surface area contributed by atoms with Gasteiger partial charge in [-0.1, -0.05) is 13.8 Å². The van der Waals surface area contributed by atoms with Gasteiger partial charge in [-0.2, -0.15) is 0 Å². The van der Waals surface area contributed by atoms with Crippen LogP contribution in [0.3, 0.4) is 0 Å². The summed E-state index contributed by atoms with van der Waals surface area (Å²) < 4.78 is 5.27. The van der Waals surface area contributed by atoms with Crippen LogP contribution in [0.1, 0.15) is 27.7 Å². The molecule has 0 saturated heterocycles. The van der Waals surface area contributed by atoms with Crippen molar-refractivity contribution in [1.82, 2.24) is 5.32 Å². The highest BCUT2D eigenvalue weighted by Crippen LogP contribution is 2.14. The van der Waals surface area contributed by atoms with Gasteiger partial charge in [-0.05, 0) is 13.8 Å². The first-order valence-corrected chi connectivity index (χ1v) is 4.91. The third kappa shape index (κ3) is 5.94. The lowest BCUT2D eigenvalue weighted by Gasteiger charge is -2.19. The van der Waals surface area contributed by atoms with Crippen molar-refractivity contribution < 1.29 is 14.6 Å². The second-order valence-electron chi connectivity index (χ2n) is 4.35. The van der Waals surface area contributed by atoms with Gasteiger partial charge in [0.1, 0.15) is 0 Å². The molecule has 0 aromatic heterocycles. The minimum atomic E-state index is -0.825. The van der Waals surface area contributed by atoms with Crippen LogP contribution >= 0.6 is 0 Å². The lowest BCUT2D eigenvalue weighted by molar-refractivity contribution is -0.150. The molecule has 0 aliphatic carbocycles. The van der Waals surface area contributed by atoms with Crippen LogP contribution in [0.2, 0.25) is 0 Å². The number of carbonyl (C=O) groups is 1. The number of nitrogens with one attached hydrogen (secondary N) is 1. The topological polar surface area (TPSA) is 58.6 Å². The summed E-state index contributed by atoms with van der Waals surface area (Å²) in [5.74, 6) is -0.825. The van der Waals surface area contributed by atoms with Crippen molar-refractivity contribution in [2.45, 2.75) is 33.7 Å². The van der Waals surface area contributed by atoms with Crippen molar-refractivity contribution >= 4 is 5.97 Å². The second-order valence-corrected chi connectivity index (χ2v) is 4.35. The highest BCUT2D eigenvalue weighted by Gasteiger charge is 2.27. The van der Waals surface area contributed by atoms with Gasteiger partial charge in [0.2, 0.25) is 0 Å². The Morgan fingerprint density at radius 3 is 2.50 bits per heavy atom. The Labute approximate surface area is 85.6 Å². The standard InChI is InChI=1S/C10H21NO3/c1-8(2)11-5-6-14-7-10(3,4)9(12)13/h8,11H,5-7H2,1-4H3,(H,12,13). The lowest BCUT2D eigenvalue weighted by atomic mass is 9.95. The molecule has 2 N–H and O–H groups in total. The van der Waals surface area contributed by atoms with E-state index in [0.717, 1.165) is 6.54 Å². The van der Waals surface area contributed by atoms with Crippen LogP contribution < -0.4 is 5.32 Å². The first-order chi connectivity index (χ1) is 6.36. The SMILES string of the molecule is CC(C)NCCOCC(C)(C)C(=O)O. The van der Waals surface area contributed by atoms with Gasteiger partial charge >= 0.3 is 5.97 Å². The van der Waals surface area contributed by atoms with Gasteiger partial charge in [0, 0.05) is 12.6 Å². The molecular weight excluding hydrogens is 182 g/mol. The molecule has 4 nitrogen and oxygen atoms in total. The molecule has 0 saturated carbocycles. The molecule has 0 bridgehead atoms. The van der Waals surface area contributed by atoms with Gasteiger partial charge in [-0.15, -0.1) is 0 Å². The normalized spacial score (nSPS) is 12.1. The van der Waals surface area contributed by atoms with Crippen LogP contribution in [0.5, 0.6) is 0 Å². The average molecular weight is 203 g/mol. The lowest BCUT2D eigenvalue weighted by Crippen LogP contribution is -2.32. The van der Waals surface area contributed by atoms with Gasteiger partial charge in [0.25, 0.3) is 0 Å². The largest absolute Gasteiger partial charge is 0.481 e. The fourth-order valence-electron chi connectivity index (χ4n) is 0.809. The Hall–Kier alpha value is -0.610. The van der Waals surface area contributed by atoms with E-state index in [9.17, 15) is 4.79 Å². The second kappa shape index (κ2) is 5.98. The van der Waals surface area contributed by atoms with Crippen LogP contribution in [-0.2, 0) is 9.53 Å². The van der Waals surface area contributed by atoms with E-state index in [2.05, 4.69) is 19.2 Å². The Morgan fingerprint density at radius 1 is 1.50 bits per heavy atom. The molecule has 0 amide bonds. The van der Waals surface area contributed by atoms with Crippen LogP contribution in [-0.4, -0.2) is 36.9 Å². The molecule has 0 atom stereocenters. The molecule has 0 aliphatic heterocycles. The zero-order valence-corrected chi connectivity index (χ0v) is 9.46. The van der Waals surface area contributed by atoms with Crippen molar-refractivity contribution in [3.63, 3.8) is 0 Å². The summed E-state index contributed by atoms with van der Waals surface area (Å²) in [6.45, 7) is 8.99. The summed E-state index contributed by atoms with van der Waals surface area (Å²) in [5, 5.41) is 12.0. The zero-order chi connectivity index (χ0) is 11.2. The average Bonchev–Trinajstić information content (AvgIpc) is 2.02. The number of hydrogen-bond acceptors (Lipinski definition) is 3. The Kier molecular flexibility index (Phi) is 5.72. The third-order valence-corrected chi connectivity index (χ3v) is 1.84. The van der Waals surface area contributed by atoms with E-state index >= 15 is 0 Å². The quantitative estimate of drug-likeness (QED) is 0.609. The summed E-state index contributed by atoms with van der Waals surface area (Å²) in [5.41, 5.74) is -0.794. The number of hydrogen-bond donors (Lipinski definition) is 2. The van der Waals surface area contributed by atoms with E-state index in [1.807, 2.05) is 0 Å². The van der Waals surface area contributed by atoms with Crippen molar-refractivity contribution in [3.05, 3.63) is 0 Å². The maximum atomic E-state index is 10.7. The minimum Gasteiger partial charge on any atom is -0.481 e. The monoisotopic (exact) mass is 203 g/mol. The van der Waals surface area contributed by atoms with Crippen LogP contribution in [0, 0.1) is 5.41 Å². The zero-order valence-electron chi connectivity index (χ0n) is 9.46. The predicted molar refractivity (Wildman–Crippen MR) is 55.4 cm³/mol. The molecule has 0 rings (SSSR count). The Bertz CT molecular complexity index is 178. The van der Waals surface area contributed by atoms with Gasteiger partial charge in [0.05, 0.1) is 18.6 Å². The van der Waals surface area contributed by atoms with Crippen molar-refractivity contribution in [3.8, 4) is 0 Å². The number of aliphatic carboxylic acids is 1. The molecule has 14 heavy (non-hydrogen) atoms. The Morgan fingerprint density at radius 2 is 2.07 bits per heavy atom. The molecule has 0 spiro atoms. The highest BCUT2D eigenvalue weighted by molar-refractivity contribution is 5.73. The molecule has 0 unspecified atom stereocenters. The minimum absolute atomic E-state index is 0.252. The van der Waals surface area contributed by atoms with E-state index in [-0.39, 0.29) is 6.61 Å². The number of ether oxygens (including phenoxy) is 1. The first-order valence-electron chi connectivity index (χ1n) is 4.91. The molecule has 0 heterocycles. The van der Waals surface area contributed by atoms with E-state index in [4.69, 9.17) is 9.84 Å². The van der Waals surface area contributed by atoms with Crippen molar-refractivity contribution in [2.24, 2.45) is 5.41 Å². The summed E-state index contributed by atoms with van der Waals surface area (Å²) in [4.78, 5) is 10.7. The van der Waals surface area contributed by atoms with E-state index in [1.165, 1.54) is 0 Å². The molecule has 0 aromatic carbocycles. The molecule has 0 aromatic rings. The first kappa shape index (κ1) is 13.4. The van der Waals surface area contributed by atoms with Crippen LogP contribution in [0.15, 0.2) is 0 Å². The fraction of sp³-hybridized carbons (Fsp3) is 0.900. The van der Waals surface area contributed by atoms with Gasteiger partial charge in [-0.3, -0.25) is 4.79 Å². The number of rotatable bonds is 7. The number of carboxylic acid groups (broad SMARTS) is 1. The van der Waals surface area contributed by atoms with E-state index in [1.54, 1.807) is 13.8 Å². The van der Waals surface area contributed by atoms with Crippen molar-refractivity contribution in [2.75, 3.05) is 19.8 Å². The Balaban J connectivity index is 3.49. The summed E-state index contributed by atoms with van der Waals surface area (Å²) >= 11 is 0. The molecule has 0 radical (unpaired) electrons. The highest BCUT2D eigenvalue weighted by atomic mass is 16.5. The molecule has 4 heteroatoms. The molecule has 84 valence electrons. The summed E-state index contributed by atoms with van der Waals surface area (Å²) in [6, 6.07) is 0.436. The van der Waals surface area contributed by atoms with Crippen LogP contribution in [0.25, 0.3) is 0 Å². The molecule has 0 aliphatic rings. The van der Waals surface area contributed by atoms with Crippen LogP contribution in [0.4, 0.5) is 0 Å².